The molecule has 0 unspecified atom stereocenters. The number of piperidine rings is 1. The van der Waals surface area contributed by atoms with Crippen molar-refractivity contribution in [1.29, 1.82) is 0 Å². The van der Waals surface area contributed by atoms with Gasteiger partial charge in [-0.25, -0.2) is 4.79 Å². The van der Waals surface area contributed by atoms with Crippen LogP contribution in [0, 0.1) is 6.92 Å². The number of para-hydroxylation sites is 1. The Labute approximate surface area is 153 Å². The minimum absolute atomic E-state index is 0.0135. The Morgan fingerprint density at radius 2 is 1.92 bits per heavy atom. The van der Waals surface area contributed by atoms with Gasteiger partial charge in [-0.15, -0.1) is 0 Å². The van der Waals surface area contributed by atoms with Gasteiger partial charge in [0.25, 0.3) is 0 Å². The fourth-order valence-electron chi connectivity index (χ4n) is 4.09. The number of ether oxygens (including phenoxy) is 2. The molecule has 4 rings (SSSR count). The van der Waals surface area contributed by atoms with E-state index in [-0.39, 0.29) is 24.3 Å². The molecule has 140 valence electrons. The fourth-order valence-corrected chi connectivity index (χ4v) is 4.09. The quantitative estimate of drug-likeness (QED) is 0.794. The highest BCUT2D eigenvalue weighted by Gasteiger charge is 2.45. The number of carbonyl (C=O) groups is 1. The maximum Gasteiger partial charge on any atom is 0.410 e. The molecule has 0 spiro atoms. The number of fused-ring (bicyclic) bond motifs is 3. The Kier molecular flexibility index (Phi) is 4.09. The van der Waals surface area contributed by atoms with Gasteiger partial charge in [0.2, 0.25) is 0 Å². The number of aromatic nitrogens is 1. The first-order chi connectivity index (χ1) is 12.3. The van der Waals surface area contributed by atoms with Gasteiger partial charge in [-0.1, -0.05) is 12.1 Å². The van der Waals surface area contributed by atoms with Crippen LogP contribution in [0.3, 0.4) is 0 Å². The predicted octanol–water partition coefficient (Wildman–Crippen LogP) is 4.45. The summed E-state index contributed by atoms with van der Waals surface area (Å²) in [7, 11) is 0. The maximum atomic E-state index is 12.5. The molecule has 0 N–H and O–H groups in total. The van der Waals surface area contributed by atoms with Crippen molar-refractivity contribution in [2.75, 3.05) is 0 Å². The van der Waals surface area contributed by atoms with Crippen molar-refractivity contribution in [3.63, 3.8) is 0 Å². The molecule has 1 amide bonds. The van der Waals surface area contributed by atoms with Crippen LogP contribution < -0.4 is 4.74 Å². The first-order valence-corrected chi connectivity index (χ1v) is 9.34. The van der Waals surface area contributed by atoms with Crippen LogP contribution in [0.25, 0.3) is 11.1 Å². The molecule has 6 nitrogen and oxygen atoms in total. The van der Waals surface area contributed by atoms with Crippen molar-refractivity contribution in [2.24, 2.45) is 0 Å². The molecule has 0 radical (unpaired) electrons. The number of oxazole rings is 1. The topological polar surface area (TPSA) is 64.8 Å². The number of hydrogen-bond acceptors (Lipinski definition) is 5. The lowest BCUT2D eigenvalue weighted by Crippen LogP contribution is -2.50. The second-order valence-corrected chi connectivity index (χ2v) is 8.39. The lowest BCUT2D eigenvalue weighted by molar-refractivity contribution is -0.0105. The molecule has 2 aliphatic heterocycles. The van der Waals surface area contributed by atoms with Crippen molar-refractivity contribution in [3.05, 3.63) is 23.8 Å². The molecule has 1 aromatic carbocycles. The van der Waals surface area contributed by atoms with E-state index in [2.05, 4.69) is 4.98 Å². The van der Waals surface area contributed by atoms with E-state index in [0.29, 0.717) is 6.08 Å². The molecule has 3 heterocycles. The molecule has 6 heteroatoms. The van der Waals surface area contributed by atoms with E-state index in [4.69, 9.17) is 13.9 Å². The minimum Gasteiger partial charge on any atom is -0.447 e. The zero-order chi connectivity index (χ0) is 18.5. The zero-order valence-electron chi connectivity index (χ0n) is 15.8. The van der Waals surface area contributed by atoms with Gasteiger partial charge in [0.05, 0.1) is 0 Å². The summed E-state index contributed by atoms with van der Waals surface area (Å²) in [6, 6.07) is 6.19. The van der Waals surface area contributed by atoms with Crippen LogP contribution in [0.5, 0.6) is 6.08 Å². The molecule has 2 aromatic rings. The summed E-state index contributed by atoms with van der Waals surface area (Å²) < 4.78 is 17.4. The van der Waals surface area contributed by atoms with Crippen molar-refractivity contribution < 1.29 is 18.7 Å². The molecule has 2 saturated heterocycles. The standard InChI is InChI=1S/C20H26N2O4/c1-12-6-5-7-16-17(12)21-18(25-16)24-15-10-13-8-9-14(11-15)22(13)19(23)26-20(2,3)4/h5-7,13-15H,8-11H2,1-4H3/t13-,14+,15+. The molecule has 1 aromatic heterocycles. The van der Waals surface area contributed by atoms with Gasteiger partial charge in [0.15, 0.2) is 5.58 Å². The highest BCUT2D eigenvalue weighted by molar-refractivity contribution is 5.76. The summed E-state index contributed by atoms with van der Waals surface area (Å²) in [5, 5.41) is 0. The summed E-state index contributed by atoms with van der Waals surface area (Å²) in [6.45, 7) is 7.71. The fraction of sp³-hybridized carbons (Fsp3) is 0.600. The third-order valence-corrected chi connectivity index (χ3v) is 5.16. The van der Waals surface area contributed by atoms with Gasteiger partial charge in [-0.2, -0.15) is 4.98 Å². The molecule has 3 atom stereocenters. The Balaban J connectivity index is 1.45. The van der Waals surface area contributed by atoms with Gasteiger partial charge in [-0.3, -0.25) is 0 Å². The van der Waals surface area contributed by atoms with Crippen LogP contribution in [0.4, 0.5) is 4.79 Å². The molecule has 0 saturated carbocycles. The summed E-state index contributed by atoms with van der Waals surface area (Å²) in [6.07, 6.45) is 3.69. The van der Waals surface area contributed by atoms with Crippen LogP contribution in [0.1, 0.15) is 52.0 Å². The lowest BCUT2D eigenvalue weighted by Gasteiger charge is -2.38. The molecule has 26 heavy (non-hydrogen) atoms. The largest absolute Gasteiger partial charge is 0.447 e. The van der Waals surface area contributed by atoms with Gasteiger partial charge in [0.1, 0.15) is 17.2 Å². The van der Waals surface area contributed by atoms with Crippen LogP contribution in [0.2, 0.25) is 0 Å². The summed E-state index contributed by atoms with van der Waals surface area (Å²) in [5.74, 6) is 0. The van der Waals surface area contributed by atoms with E-state index in [1.807, 2.05) is 50.8 Å². The van der Waals surface area contributed by atoms with Gasteiger partial charge in [0, 0.05) is 24.9 Å². The smallest absolute Gasteiger partial charge is 0.410 e. The summed E-state index contributed by atoms with van der Waals surface area (Å²) in [5.41, 5.74) is 2.19. The molecule has 2 fully saturated rings. The minimum atomic E-state index is -0.472. The Morgan fingerprint density at radius 3 is 2.54 bits per heavy atom. The van der Waals surface area contributed by atoms with E-state index in [1.54, 1.807) is 0 Å². The number of amides is 1. The Hall–Kier alpha value is -2.24. The molecular weight excluding hydrogens is 332 g/mol. The lowest BCUT2D eigenvalue weighted by atomic mass is 10.0. The van der Waals surface area contributed by atoms with Crippen LogP contribution in [0.15, 0.2) is 22.6 Å². The highest BCUT2D eigenvalue weighted by Crippen LogP contribution is 2.38. The van der Waals surface area contributed by atoms with E-state index in [1.165, 1.54) is 0 Å². The van der Waals surface area contributed by atoms with Crippen molar-refractivity contribution >= 4 is 17.2 Å². The zero-order valence-corrected chi connectivity index (χ0v) is 15.8. The second-order valence-electron chi connectivity index (χ2n) is 8.39. The monoisotopic (exact) mass is 358 g/mol. The molecule has 0 aliphatic carbocycles. The third-order valence-electron chi connectivity index (χ3n) is 5.16. The number of aryl methyl sites for hydroxylation is 1. The number of carbonyl (C=O) groups excluding carboxylic acids is 1. The predicted molar refractivity (Wildman–Crippen MR) is 97.3 cm³/mol. The maximum absolute atomic E-state index is 12.5. The SMILES string of the molecule is Cc1cccc2oc(O[C@H]3C[C@H]4CC[C@@H](C3)N4C(=O)OC(C)(C)C)nc12. The number of benzene rings is 1. The Morgan fingerprint density at radius 1 is 1.23 bits per heavy atom. The molecule has 2 bridgehead atoms. The second kappa shape index (κ2) is 6.18. The van der Waals surface area contributed by atoms with Crippen molar-refractivity contribution in [3.8, 4) is 6.08 Å². The van der Waals surface area contributed by atoms with E-state index in [0.717, 1.165) is 42.3 Å². The average molecular weight is 358 g/mol. The van der Waals surface area contributed by atoms with Crippen LogP contribution >= 0.6 is 0 Å². The normalized spacial score (nSPS) is 25.5. The highest BCUT2D eigenvalue weighted by atomic mass is 16.6. The van der Waals surface area contributed by atoms with E-state index >= 15 is 0 Å². The molecule has 2 aliphatic rings. The summed E-state index contributed by atoms with van der Waals surface area (Å²) >= 11 is 0. The third kappa shape index (κ3) is 3.24. The summed E-state index contributed by atoms with van der Waals surface area (Å²) in [4.78, 5) is 18.9. The van der Waals surface area contributed by atoms with Gasteiger partial charge in [-0.05, 0) is 52.2 Å². The molecular formula is C20H26N2O4. The average Bonchev–Trinajstić information content (AvgIpc) is 3.05. The van der Waals surface area contributed by atoms with Crippen molar-refractivity contribution in [1.82, 2.24) is 9.88 Å². The Bertz CT molecular complexity index is 809. The number of nitrogens with zero attached hydrogens (tertiary/aromatic N) is 2. The van der Waals surface area contributed by atoms with Crippen LogP contribution in [-0.2, 0) is 4.74 Å². The van der Waals surface area contributed by atoms with Crippen LogP contribution in [-0.4, -0.2) is 39.8 Å². The first-order valence-electron chi connectivity index (χ1n) is 9.34. The number of hydrogen-bond donors (Lipinski definition) is 0. The van der Waals surface area contributed by atoms with Crippen molar-refractivity contribution in [2.45, 2.75) is 77.2 Å². The number of rotatable bonds is 2. The van der Waals surface area contributed by atoms with Gasteiger partial charge >= 0.3 is 12.2 Å². The van der Waals surface area contributed by atoms with E-state index < -0.39 is 5.60 Å². The first kappa shape index (κ1) is 17.2. The van der Waals surface area contributed by atoms with E-state index in [9.17, 15) is 4.79 Å². The van der Waals surface area contributed by atoms with Gasteiger partial charge < -0.3 is 18.8 Å².